The van der Waals surface area contributed by atoms with Crippen molar-refractivity contribution >= 4 is 12.4 Å². The summed E-state index contributed by atoms with van der Waals surface area (Å²) in [4.78, 5) is 0. The van der Waals surface area contributed by atoms with Crippen LogP contribution in [0.15, 0.2) is 4.42 Å². The summed E-state index contributed by atoms with van der Waals surface area (Å²) >= 11 is 0. The first-order valence-corrected chi connectivity index (χ1v) is 5.31. The number of nitrogens with zero attached hydrogens (tertiary/aromatic N) is 2. The number of rotatable bonds is 2. The molecule has 2 rings (SSSR count). The van der Waals surface area contributed by atoms with Crippen molar-refractivity contribution in [1.29, 1.82) is 0 Å². The second-order valence-corrected chi connectivity index (χ2v) is 4.16. The Bertz CT molecular complexity index is 295. The molecule has 15 heavy (non-hydrogen) atoms. The van der Waals surface area contributed by atoms with Gasteiger partial charge in [-0.1, -0.05) is 13.8 Å². The molecule has 0 amide bonds. The Balaban J connectivity index is 0.00000112. The Labute approximate surface area is 96.3 Å². The first-order valence-electron chi connectivity index (χ1n) is 5.31. The molecule has 0 spiro atoms. The van der Waals surface area contributed by atoms with E-state index in [9.17, 15) is 0 Å². The highest BCUT2D eigenvalue weighted by atomic mass is 35.5. The molecular formula is C10H18ClN3O. The van der Waals surface area contributed by atoms with Crippen molar-refractivity contribution in [3.63, 3.8) is 0 Å². The fourth-order valence-corrected chi connectivity index (χ4v) is 1.71. The Kier molecular flexibility index (Phi) is 4.54. The van der Waals surface area contributed by atoms with Crippen LogP contribution < -0.4 is 5.32 Å². The van der Waals surface area contributed by atoms with Gasteiger partial charge in [0.1, 0.15) is 0 Å². The van der Waals surface area contributed by atoms with Crippen LogP contribution in [0.25, 0.3) is 0 Å². The van der Waals surface area contributed by atoms with Gasteiger partial charge >= 0.3 is 0 Å². The molecule has 1 aromatic heterocycles. The molecule has 0 saturated carbocycles. The first-order chi connectivity index (χ1) is 6.77. The molecule has 1 aliphatic heterocycles. The molecule has 0 aromatic carbocycles. The minimum absolute atomic E-state index is 0. The van der Waals surface area contributed by atoms with E-state index in [-0.39, 0.29) is 12.4 Å². The van der Waals surface area contributed by atoms with Crippen molar-refractivity contribution in [2.24, 2.45) is 0 Å². The van der Waals surface area contributed by atoms with E-state index in [0.717, 1.165) is 37.7 Å². The van der Waals surface area contributed by atoms with Gasteiger partial charge < -0.3 is 9.73 Å². The topological polar surface area (TPSA) is 51.0 Å². The zero-order chi connectivity index (χ0) is 9.97. The molecule has 0 radical (unpaired) electrons. The maximum absolute atomic E-state index is 5.63. The average molecular weight is 232 g/mol. The van der Waals surface area contributed by atoms with Gasteiger partial charge in [-0.2, -0.15) is 0 Å². The largest absolute Gasteiger partial charge is 0.425 e. The van der Waals surface area contributed by atoms with E-state index in [2.05, 4.69) is 29.4 Å². The number of aromatic nitrogens is 2. The number of halogens is 1. The molecular weight excluding hydrogens is 214 g/mol. The lowest BCUT2D eigenvalue weighted by Crippen LogP contribution is -2.26. The second-order valence-electron chi connectivity index (χ2n) is 4.16. The third kappa shape index (κ3) is 2.92. The van der Waals surface area contributed by atoms with E-state index in [1.807, 2.05) is 0 Å². The Morgan fingerprint density at radius 1 is 1.27 bits per heavy atom. The predicted molar refractivity (Wildman–Crippen MR) is 60.5 cm³/mol. The molecule has 5 heteroatoms. The molecule has 0 atom stereocenters. The van der Waals surface area contributed by atoms with Gasteiger partial charge in [-0.05, 0) is 25.9 Å². The van der Waals surface area contributed by atoms with Gasteiger partial charge in [-0.3, -0.25) is 0 Å². The summed E-state index contributed by atoms with van der Waals surface area (Å²) in [5.74, 6) is 2.39. The summed E-state index contributed by atoms with van der Waals surface area (Å²) in [5.41, 5.74) is 0. The molecule has 2 heterocycles. The summed E-state index contributed by atoms with van der Waals surface area (Å²) < 4.78 is 5.63. The van der Waals surface area contributed by atoms with Gasteiger partial charge in [0, 0.05) is 11.8 Å². The third-order valence-corrected chi connectivity index (χ3v) is 2.64. The lowest BCUT2D eigenvalue weighted by molar-refractivity contribution is 0.354. The summed E-state index contributed by atoms with van der Waals surface area (Å²) in [6, 6.07) is 0. The fourth-order valence-electron chi connectivity index (χ4n) is 1.71. The minimum atomic E-state index is 0. The van der Waals surface area contributed by atoms with Crippen molar-refractivity contribution in [2.45, 2.75) is 38.5 Å². The lowest BCUT2D eigenvalue weighted by atomic mass is 9.98. The number of piperidine rings is 1. The van der Waals surface area contributed by atoms with Crippen LogP contribution in [0, 0.1) is 0 Å². The second kappa shape index (κ2) is 5.47. The van der Waals surface area contributed by atoms with E-state index >= 15 is 0 Å². The zero-order valence-electron chi connectivity index (χ0n) is 9.19. The van der Waals surface area contributed by atoms with Gasteiger partial charge in [0.05, 0.1) is 0 Å². The van der Waals surface area contributed by atoms with Crippen LogP contribution in [0.4, 0.5) is 0 Å². The molecule has 1 aromatic rings. The van der Waals surface area contributed by atoms with Crippen LogP contribution in [0.5, 0.6) is 0 Å². The van der Waals surface area contributed by atoms with Gasteiger partial charge in [-0.15, -0.1) is 22.6 Å². The number of nitrogens with one attached hydrogen (secondary N) is 1. The van der Waals surface area contributed by atoms with Crippen LogP contribution in [0.3, 0.4) is 0 Å². The van der Waals surface area contributed by atoms with Gasteiger partial charge in [0.15, 0.2) is 0 Å². The van der Waals surface area contributed by atoms with Gasteiger partial charge in [-0.25, -0.2) is 0 Å². The standard InChI is InChI=1S/C10H17N3O.ClH/c1-7(2)9-12-13-10(14-9)8-3-5-11-6-4-8;/h7-8,11H,3-6H2,1-2H3;1H. The fraction of sp³-hybridized carbons (Fsp3) is 0.800. The van der Waals surface area contributed by atoms with Crippen molar-refractivity contribution in [1.82, 2.24) is 15.5 Å². The highest BCUT2D eigenvalue weighted by Gasteiger charge is 2.21. The maximum atomic E-state index is 5.63. The normalized spacial score (nSPS) is 17.8. The monoisotopic (exact) mass is 231 g/mol. The quantitative estimate of drug-likeness (QED) is 0.847. The summed E-state index contributed by atoms with van der Waals surface area (Å²) in [6.45, 7) is 6.26. The van der Waals surface area contributed by atoms with E-state index in [1.54, 1.807) is 0 Å². The van der Waals surface area contributed by atoms with Crippen LogP contribution in [0.2, 0.25) is 0 Å². The van der Waals surface area contributed by atoms with Crippen LogP contribution in [-0.2, 0) is 0 Å². The van der Waals surface area contributed by atoms with Crippen molar-refractivity contribution in [2.75, 3.05) is 13.1 Å². The molecule has 0 aliphatic carbocycles. The maximum Gasteiger partial charge on any atom is 0.219 e. The van der Waals surface area contributed by atoms with Crippen molar-refractivity contribution in [3.05, 3.63) is 11.8 Å². The molecule has 1 N–H and O–H groups in total. The Morgan fingerprint density at radius 3 is 2.47 bits per heavy atom. The molecule has 1 saturated heterocycles. The first kappa shape index (κ1) is 12.5. The molecule has 86 valence electrons. The van der Waals surface area contributed by atoms with Crippen molar-refractivity contribution < 1.29 is 4.42 Å². The third-order valence-electron chi connectivity index (χ3n) is 2.64. The number of hydrogen-bond donors (Lipinski definition) is 1. The molecule has 0 unspecified atom stereocenters. The van der Waals surface area contributed by atoms with Gasteiger partial charge in [0.2, 0.25) is 11.8 Å². The molecule has 0 bridgehead atoms. The smallest absolute Gasteiger partial charge is 0.219 e. The lowest BCUT2D eigenvalue weighted by Gasteiger charge is -2.18. The van der Waals surface area contributed by atoms with E-state index in [1.165, 1.54) is 0 Å². The molecule has 1 fully saturated rings. The molecule has 1 aliphatic rings. The highest BCUT2D eigenvalue weighted by Crippen LogP contribution is 2.25. The van der Waals surface area contributed by atoms with Crippen LogP contribution >= 0.6 is 12.4 Å². The van der Waals surface area contributed by atoms with Gasteiger partial charge in [0.25, 0.3) is 0 Å². The SMILES string of the molecule is CC(C)c1nnc(C2CCNCC2)o1.Cl. The summed E-state index contributed by atoms with van der Waals surface area (Å²) in [6.07, 6.45) is 2.22. The summed E-state index contributed by atoms with van der Waals surface area (Å²) in [7, 11) is 0. The minimum Gasteiger partial charge on any atom is -0.425 e. The van der Waals surface area contributed by atoms with E-state index in [0.29, 0.717) is 11.8 Å². The van der Waals surface area contributed by atoms with Crippen LogP contribution in [0.1, 0.15) is 50.3 Å². The number of hydrogen-bond acceptors (Lipinski definition) is 4. The highest BCUT2D eigenvalue weighted by molar-refractivity contribution is 5.85. The Morgan fingerprint density at radius 2 is 1.93 bits per heavy atom. The van der Waals surface area contributed by atoms with E-state index < -0.39 is 0 Å². The van der Waals surface area contributed by atoms with Crippen molar-refractivity contribution in [3.8, 4) is 0 Å². The zero-order valence-corrected chi connectivity index (χ0v) is 10.0. The average Bonchev–Trinajstić information content (AvgIpc) is 2.68. The predicted octanol–water partition coefficient (Wildman–Crippen LogP) is 2.08. The summed E-state index contributed by atoms with van der Waals surface area (Å²) in [5, 5.41) is 11.5. The van der Waals surface area contributed by atoms with Crippen LogP contribution in [-0.4, -0.2) is 23.3 Å². The molecule has 4 nitrogen and oxygen atoms in total. The Hall–Kier alpha value is -0.610. The van der Waals surface area contributed by atoms with E-state index in [4.69, 9.17) is 4.42 Å².